The summed E-state index contributed by atoms with van der Waals surface area (Å²) in [6, 6.07) is 3.30. The van der Waals surface area contributed by atoms with E-state index in [0.29, 0.717) is 0 Å². The molecular formula is C8H5ClN2O5. The lowest BCUT2D eigenvalue weighted by molar-refractivity contribution is -0.384. The van der Waals surface area contributed by atoms with Gasteiger partial charge in [0.25, 0.3) is 5.69 Å². The Balaban J connectivity index is 3.03. The molecule has 8 heteroatoms. The van der Waals surface area contributed by atoms with Crippen molar-refractivity contribution in [1.29, 1.82) is 0 Å². The molecule has 0 aliphatic heterocycles. The molecule has 84 valence electrons. The smallest absolute Gasteiger partial charge is 0.394 e. The minimum Gasteiger partial charge on any atom is -0.474 e. The van der Waals surface area contributed by atoms with Crippen molar-refractivity contribution in [3.05, 3.63) is 33.3 Å². The number of hydrogen-bond donors (Lipinski definition) is 2. The lowest BCUT2D eigenvalue weighted by Crippen LogP contribution is -2.22. The minimum absolute atomic E-state index is 0.0141. The van der Waals surface area contributed by atoms with E-state index in [1.54, 1.807) is 0 Å². The summed E-state index contributed by atoms with van der Waals surface area (Å²) in [4.78, 5) is 30.8. The van der Waals surface area contributed by atoms with Gasteiger partial charge in [0.15, 0.2) is 0 Å². The molecule has 1 aromatic rings. The number of carbonyl (C=O) groups excluding carboxylic acids is 1. The quantitative estimate of drug-likeness (QED) is 0.462. The highest BCUT2D eigenvalue weighted by molar-refractivity contribution is 6.39. The molecule has 0 atom stereocenters. The van der Waals surface area contributed by atoms with Crippen LogP contribution in [0.4, 0.5) is 11.4 Å². The van der Waals surface area contributed by atoms with Crippen LogP contribution in [0.5, 0.6) is 0 Å². The Morgan fingerprint density at radius 2 is 2.06 bits per heavy atom. The summed E-state index contributed by atoms with van der Waals surface area (Å²) in [5.74, 6) is -3.02. The molecule has 0 spiro atoms. The Bertz CT molecular complexity index is 473. The molecule has 1 amide bonds. The van der Waals surface area contributed by atoms with E-state index < -0.39 is 16.8 Å². The molecule has 0 fully saturated rings. The summed E-state index contributed by atoms with van der Waals surface area (Å²) in [6.45, 7) is 0. The van der Waals surface area contributed by atoms with E-state index in [2.05, 4.69) is 0 Å². The van der Waals surface area contributed by atoms with Crippen molar-refractivity contribution >= 4 is 34.9 Å². The number of halogens is 1. The molecule has 0 unspecified atom stereocenters. The second-order valence-corrected chi connectivity index (χ2v) is 3.09. The summed E-state index contributed by atoms with van der Waals surface area (Å²) in [6.07, 6.45) is 0. The number of nitro groups is 1. The topological polar surface area (TPSA) is 110 Å². The molecule has 0 saturated heterocycles. The van der Waals surface area contributed by atoms with Gasteiger partial charge in [0.05, 0.1) is 15.6 Å². The maximum Gasteiger partial charge on any atom is 0.394 e. The molecule has 0 radical (unpaired) electrons. The lowest BCUT2D eigenvalue weighted by Gasteiger charge is -2.03. The first-order chi connectivity index (χ1) is 7.41. The summed E-state index contributed by atoms with van der Waals surface area (Å²) < 4.78 is 0. The van der Waals surface area contributed by atoms with Gasteiger partial charge in [-0.05, 0) is 6.07 Å². The van der Waals surface area contributed by atoms with Crippen LogP contribution in [0.1, 0.15) is 0 Å². The van der Waals surface area contributed by atoms with Gasteiger partial charge in [0.1, 0.15) is 0 Å². The van der Waals surface area contributed by atoms with Crippen molar-refractivity contribution < 1.29 is 19.6 Å². The second kappa shape index (κ2) is 4.58. The molecule has 0 saturated carbocycles. The molecule has 0 bridgehead atoms. The number of nitrogens with zero attached hydrogens (tertiary/aromatic N) is 1. The van der Waals surface area contributed by atoms with E-state index in [0.717, 1.165) is 12.1 Å². The largest absolute Gasteiger partial charge is 0.474 e. The van der Waals surface area contributed by atoms with E-state index in [-0.39, 0.29) is 16.4 Å². The molecule has 7 nitrogen and oxygen atoms in total. The fourth-order valence-electron chi connectivity index (χ4n) is 0.898. The lowest BCUT2D eigenvalue weighted by atomic mass is 10.3. The molecule has 0 aromatic heterocycles. The highest BCUT2D eigenvalue weighted by atomic mass is 35.5. The fourth-order valence-corrected chi connectivity index (χ4v) is 1.06. The Hall–Kier alpha value is -2.15. The number of benzene rings is 1. The predicted octanol–water partition coefficient (Wildman–Crippen LogP) is 1.27. The number of amides is 1. The van der Waals surface area contributed by atoms with Crippen molar-refractivity contribution in [2.45, 2.75) is 0 Å². The van der Waals surface area contributed by atoms with Crippen molar-refractivity contribution in [1.82, 2.24) is 0 Å². The number of aliphatic carboxylic acids is 1. The number of nitro benzene ring substituents is 1. The van der Waals surface area contributed by atoms with Gasteiger partial charge in [-0.2, -0.15) is 0 Å². The molecule has 0 aliphatic carbocycles. The molecule has 0 aliphatic rings. The van der Waals surface area contributed by atoms with E-state index in [4.69, 9.17) is 16.7 Å². The third-order valence-corrected chi connectivity index (χ3v) is 1.93. The normalized spacial score (nSPS) is 9.56. The molecule has 1 rings (SSSR count). The van der Waals surface area contributed by atoms with Crippen molar-refractivity contribution in [3.63, 3.8) is 0 Å². The molecular weight excluding hydrogens is 240 g/mol. The van der Waals surface area contributed by atoms with Crippen molar-refractivity contribution in [2.75, 3.05) is 5.32 Å². The van der Waals surface area contributed by atoms with Crippen LogP contribution in [0.3, 0.4) is 0 Å². The van der Waals surface area contributed by atoms with Gasteiger partial charge in [-0.3, -0.25) is 14.9 Å². The fraction of sp³-hybridized carbons (Fsp3) is 0. The van der Waals surface area contributed by atoms with Crippen LogP contribution >= 0.6 is 11.6 Å². The average Bonchev–Trinajstić information content (AvgIpc) is 2.20. The van der Waals surface area contributed by atoms with Crippen LogP contribution in [0, 0.1) is 10.1 Å². The van der Waals surface area contributed by atoms with Crippen LogP contribution < -0.4 is 5.32 Å². The first-order valence-electron chi connectivity index (χ1n) is 3.90. The number of non-ortho nitro benzene ring substituents is 1. The number of carbonyl (C=O) groups is 2. The third-order valence-electron chi connectivity index (χ3n) is 1.60. The number of anilines is 1. The monoisotopic (exact) mass is 244 g/mol. The number of carboxylic acids is 1. The minimum atomic E-state index is -1.71. The van der Waals surface area contributed by atoms with Gasteiger partial charge in [-0.1, -0.05) is 11.6 Å². The highest BCUT2D eigenvalue weighted by Gasteiger charge is 2.15. The Morgan fingerprint density at radius 3 is 2.56 bits per heavy atom. The van der Waals surface area contributed by atoms with Crippen LogP contribution in [0.2, 0.25) is 5.02 Å². The summed E-state index contributed by atoms with van der Waals surface area (Å²) >= 11 is 5.62. The van der Waals surface area contributed by atoms with Crippen LogP contribution in [0.25, 0.3) is 0 Å². The van der Waals surface area contributed by atoms with Gasteiger partial charge < -0.3 is 10.4 Å². The third kappa shape index (κ3) is 2.67. The Morgan fingerprint density at radius 1 is 1.44 bits per heavy atom. The van der Waals surface area contributed by atoms with Gasteiger partial charge in [0.2, 0.25) is 0 Å². The van der Waals surface area contributed by atoms with E-state index >= 15 is 0 Å². The van der Waals surface area contributed by atoms with Crippen molar-refractivity contribution in [3.8, 4) is 0 Å². The van der Waals surface area contributed by atoms with E-state index in [9.17, 15) is 19.7 Å². The zero-order valence-corrected chi connectivity index (χ0v) is 8.39. The maximum absolute atomic E-state index is 10.8. The van der Waals surface area contributed by atoms with Gasteiger partial charge in [-0.15, -0.1) is 0 Å². The van der Waals surface area contributed by atoms with Gasteiger partial charge >= 0.3 is 11.9 Å². The molecule has 2 N–H and O–H groups in total. The van der Waals surface area contributed by atoms with Crippen LogP contribution in [-0.4, -0.2) is 21.9 Å². The Labute approximate surface area is 93.8 Å². The molecule has 1 aromatic carbocycles. The van der Waals surface area contributed by atoms with E-state index in [1.165, 1.54) is 6.07 Å². The van der Waals surface area contributed by atoms with Gasteiger partial charge in [-0.25, -0.2) is 4.79 Å². The highest BCUT2D eigenvalue weighted by Crippen LogP contribution is 2.26. The average molecular weight is 245 g/mol. The molecule has 16 heavy (non-hydrogen) atoms. The van der Waals surface area contributed by atoms with E-state index in [1.807, 2.05) is 5.32 Å². The maximum atomic E-state index is 10.8. The first-order valence-corrected chi connectivity index (χ1v) is 4.28. The Kier molecular flexibility index (Phi) is 3.41. The molecule has 0 heterocycles. The van der Waals surface area contributed by atoms with Gasteiger partial charge in [0, 0.05) is 12.1 Å². The van der Waals surface area contributed by atoms with Crippen LogP contribution in [0.15, 0.2) is 18.2 Å². The SMILES string of the molecule is O=C(O)C(=O)Nc1cc([N+](=O)[O-])ccc1Cl. The summed E-state index contributed by atoms with van der Waals surface area (Å²) in [5.41, 5.74) is -0.423. The summed E-state index contributed by atoms with van der Waals surface area (Å²) in [5, 5.41) is 20.7. The van der Waals surface area contributed by atoms with Crippen molar-refractivity contribution in [2.24, 2.45) is 0 Å². The first kappa shape index (κ1) is 11.9. The predicted molar refractivity (Wildman–Crippen MR) is 54.4 cm³/mol. The number of nitrogens with one attached hydrogen (secondary N) is 1. The second-order valence-electron chi connectivity index (χ2n) is 2.68. The number of hydrogen-bond acceptors (Lipinski definition) is 4. The number of carboxylic acid groups (broad SMARTS) is 1. The van der Waals surface area contributed by atoms with Crippen LogP contribution in [-0.2, 0) is 9.59 Å². The number of rotatable bonds is 2. The zero-order chi connectivity index (χ0) is 12.3. The zero-order valence-electron chi connectivity index (χ0n) is 7.64. The summed E-state index contributed by atoms with van der Waals surface area (Å²) in [7, 11) is 0. The standard InChI is InChI=1S/C8H5ClN2O5/c9-5-2-1-4(11(15)16)3-6(5)10-7(12)8(13)14/h1-3H,(H,10,12)(H,13,14).